The molecule has 170 valence electrons. The van der Waals surface area contributed by atoms with E-state index in [2.05, 4.69) is 19.6 Å². The number of aromatic nitrogens is 1. The highest BCUT2D eigenvalue weighted by molar-refractivity contribution is 7.93. The van der Waals surface area contributed by atoms with Gasteiger partial charge in [0.25, 0.3) is 10.0 Å². The van der Waals surface area contributed by atoms with Crippen LogP contribution in [0, 0.1) is 5.82 Å². The number of rotatable bonds is 5. The van der Waals surface area contributed by atoms with E-state index in [1.807, 2.05) is 0 Å². The molecule has 33 heavy (non-hydrogen) atoms. The number of benzene rings is 2. The van der Waals surface area contributed by atoms with E-state index in [0.29, 0.717) is 42.6 Å². The van der Waals surface area contributed by atoms with E-state index in [4.69, 9.17) is 0 Å². The lowest BCUT2D eigenvalue weighted by molar-refractivity contribution is -0.131. The molecule has 3 heterocycles. The number of carbonyl (C=O) groups excluding carboxylic acids is 1. The van der Waals surface area contributed by atoms with Crippen LogP contribution in [0.5, 0.6) is 0 Å². The Kier molecular flexibility index (Phi) is 5.59. The highest BCUT2D eigenvalue weighted by Gasteiger charge is 2.33. The maximum atomic E-state index is 14.3. The first kappa shape index (κ1) is 21.5. The molecule has 1 amide bonds. The minimum atomic E-state index is -3.70. The van der Waals surface area contributed by atoms with E-state index >= 15 is 0 Å². The molecule has 0 aliphatic carbocycles. The van der Waals surface area contributed by atoms with Crippen molar-refractivity contribution in [3.8, 4) is 0 Å². The van der Waals surface area contributed by atoms with Crippen molar-refractivity contribution in [3.05, 3.63) is 65.4 Å². The fourth-order valence-corrected chi connectivity index (χ4v) is 5.82. The van der Waals surface area contributed by atoms with Crippen LogP contribution < -0.4 is 9.62 Å². The first-order chi connectivity index (χ1) is 15.9. The smallest absolute Gasteiger partial charge is 0.263 e. The Labute approximate surface area is 194 Å². The average molecular weight is 486 g/mol. The minimum absolute atomic E-state index is 0.150. The van der Waals surface area contributed by atoms with Crippen LogP contribution in [0.3, 0.4) is 0 Å². The van der Waals surface area contributed by atoms with Crippen LogP contribution in [0.2, 0.25) is 0 Å². The van der Waals surface area contributed by atoms with Gasteiger partial charge in [-0.25, -0.2) is 17.8 Å². The van der Waals surface area contributed by atoms with Crippen molar-refractivity contribution in [1.82, 2.24) is 9.88 Å². The maximum absolute atomic E-state index is 14.3. The second kappa shape index (κ2) is 8.56. The molecular weight excluding hydrogens is 465 g/mol. The molecule has 1 unspecified atom stereocenters. The van der Waals surface area contributed by atoms with Crippen LogP contribution in [0.15, 0.2) is 63.9 Å². The van der Waals surface area contributed by atoms with Gasteiger partial charge in [0, 0.05) is 55.2 Å². The van der Waals surface area contributed by atoms with Gasteiger partial charge in [-0.05, 0) is 36.4 Å². The summed E-state index contributed by atoms with van der Waals surface area (Å²) in [4.78, 5) is 25.1. The number of hydrogen-bond acceptors (Lipinski definition) is 7. The molecule has 1 saturated heterocycles. The number of aliphatic imine (C=N–C) groups is 1. The lowest BCUT2D eigenvalue weighted by Crippen LogP contribution is -2.50. The lowest BCUT2D eigenvalue weighted by atomic mass is 9.98. The van der Waals surface area contributed by atoms with Gasteiger partial charge in [0.05, 0.1) is 10.6 Å². The Hall–Kier alpha value is -3.31. The molecule has 1 fully saturated rings. The van der Waals surface area contributed by atoms with Crippen LogP contribution in [-0.2, 0) is 14.8 Å². The van der Waals surface area contributed by atoms with Crippen molar-refractivity contribution < 1.29 is 17.6 Å². The minimum Gasteiger partial charge on any atom is -0.368 e. The van der Waals surface area contributed by atoms with Gasteiger partial charge in [0.15, 0.2) is 5.13 Å². The molecule has 0 bridgehead atoms. The second-order valence-corrected chi connectivity index (χ2v) is 10.3. The summed E-state index contributed by atoms with van der Waals surface area (Å²) in [7, 11) is -3.70. The number of anilines is 2. The van der Waals surface area contributed by atoms with Crippen LogP contribution >= 0.6 is 11.3 Å². The number of piperazine rings is 1. The fraction of sp³-hybridized carbons (Fsp3) is 0.227. The summed E-state index contributed by atoms with van der Waals surface area (Å²) in [6.45, 7) is 2.14. The molecule has 0 radical (unpaired) electrons. The largest absolute Gasteiger partial charge is 0.368 e. The standard InChI is InChI=1S/C22H20FN5O3S2/c23-18-2-1-3-19-20(18)17(14-25-19)21(29)28-11-9-27(10-12-28)15-4-6-16(7-5-15)33(30,31)26-22-24-8-13-32-22/h1-8,13-14,17H,9-12H2,(H,24,26). The zero-order valence-electron chi connectivity index (χ0n) is 17.4. The van der Waals surface area contributed by atoms with Crippen LogP contribution in [0.4, 0.5) is 20.9 Å². The van der Waals surface area contributed by atoms with E-state index in [0.717, 1.165) is 5.69 Å². The molecule has 1 N–H and O–H groups in total. The Morgan fingerprint density at radius 1 is 1.09 bits per heavy atom. The molecule has 8 nitrogen and oxygen atoms in total. The molecule has 5 rings (SSSR count). The highest BCUT2D eigenvalue weighted by Crippen LogP contribution is 2.35. The topological polar surface area (TPSA) is 95.0 Å². The van der Waals surface area contributed by atoms with Gasteiger partial charge in [-0.15, -0.1) is 11.3 Å². The Morgan fingerprint density at radius 3 is 2.55 bits per heavy atom. The summed E-state index contributed by atoms with van der Waals surface area (Å²) in [5.74, 6) is -1.26. The number of thiazole rings is 1. The van der Waals surface area contributed by atoms with Gasteiger partial charge in [0.2, 0.25) is 5.91 Å². The first-order valence-corrected chi connectivity index (χ1v) is 12.7. The van der Waals surface area contributed by atoms with Gasteiger partial charge < -0.3 is 9.80 Å². The Balaban J connectivity index is 1.22. The van der Waals surface area contributed by atoms with Gasteiger partial charge in [-0.2, -0.15) is 0 Å². The lowest BCUT2D eigenvalue weighted by Gasteiger charge is -2.37. The number of fused-ring (bicyclic) bond motifs is 1. The summed E-state index contributed by atoms with van der Waals surface area (Å²) in [6, 6.07) is 11.3. The SMILES string of the molecule is O=C(C1C=Nc2cccc(F)c21)N1CCN(c2ccc(S(=O)(=O)Nc3nccs3)cc2)CC1. The summed E-state index contributed by atoms with van der Waals surface area (Å²) in [5, 5.41) is 2.01. The van der Waals surface area contributed by atoms with Crippen molar-refractivity contribution in [2.45, 2.75) is 10.8 Å². The van der Waals surface area contributed by atoms with Crippen molar-refractivity contribution in [1.29, 1.82) is 0 Å². The summed E-state index contributed by atoms with van der Waals surface area (Å²) in [5.41, 5.74) is 1.72. The number of halogens is 1. The third-order valence-corrected chi connectivity index (χ3v) is 7.90. The Morgan fingerprint density at radius 2 is 1.85 bits per heavy atom. The molecule has 1 atom stereocenters. The van der Waals surface area contributed by atoms with Crippen LogP contribution in [0.1, 0.15) is 11.5 Å². The molecular formula is C22H20FN5O3S2. The molecule has 2 aromatic carbocycles. The van der Waals surface area contributed by atoms with Crippen molar-refractivity contribution in [3.63, 3.8) is 0 Å². The zero-order chi connectivity index (χ0) is 23.0. The van der Waals surface area contributed by atoms with Crippen molar-refractivity contribution in [2.24, 2.45) is 4.99 Å². The van der Waals surface area contributed by atoms with Gasteiger partial charge in [-0.3, -0.25) is 14.5 Å². The summed E-state index contributed by atoms with van der Waals surface area (Å²) >= 11 is 1.21. The molecule has 2 aliphatic rings. The van der Waals surface area contributed by atoms with Crippen LogP contribution in [0.25, 0.3) is 0 Å². The van der Waals surface area contributed by atoms with E-state index in [1.54, 1.807) is 46.7 Å². The van der Waals surface area contributed by atoms with E-state index in [-0.39, 0.29) is 10.8 Å². The molecule has 2 aliphatic heterocycles. The first-order valence-electron chi connectivity index (χ1n) is 10.3. The molecule has 0 spiro atoms. The number of nitrogens with zero attached hydrogens (tertiary/aromatic N) is 4. The summed E-state index contributed by atoms with van der Waals surface area (Å²) < 4.78 is 41.7. The predicted molar refractivity (Wildman–Crippen MR) is 125 cm³/mol. The summed E-state index contributed by atoms with van der Waals surface area (Å²) in [6.07, 6.45) is 3.05. The van der Waals surface area contributed by atoms with E-state index in [1.165, 1.54) is 29.8 Å². The van der Waals surface area contributed by atoms with Crippen molar-refractivity contribution in [2.75, 3.05) is 35.8 Å². The predicted octanol–water partition coefficient (Wildman–Crippen LogP) is 3.23. The van der Waals surface area contributed by atoms with Crippen LogP contribution in [-0.4, -0.2) is 56.6 Å². The molecule has 0 saturated carbocycles. The van der Waals surface area contributed by atoms with Gasteiger partial charge in [-0.1, -0.05) is 6.07 Å². The van der Waals surface area contributed by atoms with Crippen molar-refractivity contribution >= 4 is 50.0 Å². The molecule has 3 aromatic rings. The number of sulfonamides is 1. The van der Waals surface area contributed by atoms with Gasteiger partial charge in [0.1, 0.15) is 11.7 Å². The normalized spacial score (nSPS) is 17.8. The second-order valence-electron chi connectivity index (χ2n) is 7.68. The molecule has 1 aromatic heterocycles. The maximum Gasteiger partial charge on any atom is 0.263 e. The van der Waals surface area contributed by atoms with E-state index < -0.39 is 21.8 Å². The number of amides is 1. The third kappa shape index (κ3) is 4.21. The average Bonchev–Trinajstić information content (AvgIpc) is 3.49. The number of hydrogen-bond donors (Lipinski definition) is 1. The number of nitrogens with one attached hydrogen (secondary N) is 1. The molecule has 11 heteroatoms. The third-order valence-electron chi connectivity index (χ3n) is 5.73. The fourth-order valence-electron chi connectivity index (χ4n) is 4.03. The Bertz CT molecular complexity index is 1300. The van der Waals surface area contributed by atoms with Gasteiger partial charge >= 0.3 is 0 Å². The highest BCUT2D eigenvalue weighted by atomic mass is 32.2. The number of carbonyl (C=O) groups is 1. The monoisotopic (exact) mass is 485 g/mol. The van der Waals surface area contributed by atoms with E-state index in [9.17, 15) is 17.6 Å². The quantitative estimate of drug-likeness (QED) is 0.599. The zero-order valence-corrected chi connectivity index (χ0v) is 19.0.